The van der Waals surface area contributed by atoms with Gasteiger partial charge in [0.2, 0.25) is 0 Å². The first-order valence-electron chi connectivity index (χ1n) is 3.08. The maximum Gasteiger partial charge on any atom is 0.140 e. The van der Waals surface area contributed by atoms with E-state index >= 15 is 0 Å². The van der Waals surface area contributed by atoms with Crippen LogP contribution in [-0.2, 0) is 9.47 Å². The maximum absolute atomic E-state index is 5.06. The van der Waals surface area contributed by atoms with Gasteiger partial charge in [0.25, 0.3) is 0 Å². The molecule has 0 fully saturated rings. The molecule has 0 aromatic rings. The van der Waals surface area contributed by atoms with E-state index in [-0.39, 0.29) is 6.10 Å². The van der Waals surface area contributed by atoms with Crippen molar-refractivity contribution in [3.63, 3.8) is 0 Å². The van der Waals surface area contributed by atoms with E-state index in [9.17, 15) is 0 Å². The second-order valence-corrected chi connectivity index (χ2v) is 1.93. The van der Waals surface area contributed by atoms with Gasteiger partial charge in [-0.3, -0.25) is 0 Å². The molecule has 0 N–H and O–H groups in total. The molecule has 1 atom stereocenters. The van der Waals surface area contributed by atoms with E-state index in [2.05, 4.69) is 5.73 Å². The van der Waals surface area contributed by atoms with Crippen molar-refractivity contribution in [3.05, 3.63) is 29.7 Å². The van der Waals surface area contributed by atoms with Gasteiger partial charge in [0.1, 0.15) is 11.9 Å². The first-order chi connectivity index (χ1) is 4.88. The Morgan fingerprint density at radius 1 is 1.50 bits per heavy atom. The molecule has 1 unspecified atom stereocenters. The normalized spacial score (nSPS) is 22.6. The smallest absolute Gasteiger partial charge is 0.140 e. The third-order valence-corrected chi connectivity index (χ3v) is 1.36. The van der Waals surface area contributed by atoms with Crippen LogP contribution in [0.25, 0.3) is 0 Å². The molecule has 54 valence electrons. The predicted molar refractivity (Wildman–Crippen MR) is 38.5 cm³/mol. The van der Waals surface area contributed by atoms with Crippen LogP contribution < -0.4 is 0 Å². The molecule has 0 spiro atoms. The largest absolute Gasteiger partial charge is 0.498 e. The van der Waals surface area contributed by atoms with E-state index in [1.165, 1.54) is 0 Å². The van der Waals surface area contributed by atoms with E-state index in [0.717, 1.165) is 5.76 Å². The van der Waals surface area contributed by atoms with Crippen LogP contribution in [0.2, 0.25) is 0 Å². The molecule has 0 aromatic carbocycles. The minimum absolute atomic E-state index is 0.0602. The monoisotopic (exact) mass is 138 g/mol. The highest BCUT2D eigenvalue weighted by Crippen LogP contribution is 2.10. The molecule has 0 aromatic heterocycles. The Bertz CT molecular complexity index is 197. The Morgan fingerprint density at radius 3 is 2.80 bits per heavy atom. The van der Waals surface area contributed by atoms with Crippen LogP contribution in [0.4, 0.5) is 0 Å². The highest BCUT2D eigenvalue weighted by molar-refractivity contribution is 5.21. The minimum Gasteiger partial charge on any atom is -0.498 e. The lowest BCUT2D eigenvalue weighted by molar-refractivity contribution is 0.110. The summed E-state index contributed by atoms with van der Waals surface area (Å²) < 4.78 is 10.1. The van der Waals surface area contributed by atoms with Gasteiger partial charge in [-0.2, -0.15) is 0 Å². The molecule has 0 bridgehead atoms. The minimum atomic E-state index is -0.0602. The third-order valence-electron chi connectivity index (χ3n) is 1.36. The average molecular weight is 138 g/mol. The number of hydrogen-bond acceptors (Lipinski definition) is 2. The van der Waals surface area contributed by atoms with Crippen LogP contribution in [-0.4, -0.2) is 20.3 Å². The van der Waals surface area contributed by atoms with Crippen LogP contribution in [0.3, 0.4) is 0 Å². The molecule has 10 heavy (non-hydrogen) atoms. The molecule has 0 aliphatic heterocycles. The van der Waals surface area contributed by atoms with Gasteiger partial charge in [0.05, 0.1) is 7.11 Å². The quantitative estimate of drug-likeness (QED) is 0.535. The van der Waals surface area contributed by atoms with Crippen molar-refractivity contribution >= 4 is 0 Å². The Kier molecular flexibility index (Phi) is 2.32. The standard InChI is InChI=1S/C8H10O2/c1-9-7-5-3-4-6-8(7)10-2/h3,5-6,8H,1-2H3. The summed E-state index contributed by atoms with van der Waals surface area (Å²) in [5, 5.41) is 0. The van der Waals surface area contributed by atoms with E-state index in [0.29, 0.717) is 0 Å². The van der Waals surface area contributed by atoms with Gasteiger partial charge in [-0.05, 0) is 18.2 Å². The Morgan fingerprint density at radius 2 is 2.30 bits per heavy atom. The summed E-state index contributed by atoms with van der Waals surface area (Å²) in [4.78, 5) is 0. The Balaban J connectivity index is 2.73. The Hall–Kier alpha value is -0.980. The van der Waals surface area contributed by atoms with Gasteiger partial charge in [0.15, 0.2) is 0 Å². The van der Waals surface area contributed by atoms with Crippen LogP contribution in [0.1, 0.15) is 0 Å². The summed E-state index contributed by atoms with van der Waals surface area (Å²) in [6.45, 7) is 0. The van der Waals surface area contributed by atoms with Gasteiger partial charge in [-0.1, -0.05) is 0 Å². The summed E-state index contributed by atoms with van der Waals surface area (Å²) in [5.41, 5.74) is 2.92. The van der Waals surface area contributed by atoms with Gasteiger partial charge in [0, 0.05) is 7.11 Å². The zero-order valence-electron chi connectivity index (χ0n) is 6.13. The van der Waals surface area contributed by atoms with Gasteiger partial charge in [-0.25, -0.2) is 0 Å². The zero-order valence-corrected chi connectivity index (χ0v) is 6.13. The van der Waals surface area contributed by atoms with Crippen molar-refractivity contribution in [2.24, 2.45) is 0 Å². The molecule has 1 aliphatic rings. The highest BCUT2D eigenvalue weighted by atomic mass is 16.5. The molecule has 1 rings (SSSR count). The van der Waals surface area contributed by atoms with Crippen molar-refractivity contribution in [2.45, 2.75) is 6.10 Å². The summed E-state index contributed by atoms with van der Waals surface area (Å²) in [5.74, 6) is 0.821. The van der Waals surface area contributed by atoms with Gasteiger partial charge < -0.3 is 9.47 Å². The fourth-order valence-corrected chi connectivity index (χ4v) is 0.819. The molecule has 0 radical (unpaired) electrons. The van der Waals surface area contributed by atoms with E-state index in [4.69, 9.17) is 9.47 Å². The molecule has 2 nitrogen and oxygen atoms in total. The fourth-order valence-electron chi connectivity index (χ4n) is 0.819. The first kappa shape index (κ1) is 7.13. The van der Waals surface area contributed by atoms with Gasteiger partial charge in [-0.15, -0.1) is 5.73 Å². The topological polar surface area (TPSA) is 18.5 Å². The lowest BCUT2D eigenvalue weighted by Crippen LogP contribution is -2.12. The number of allylic oxidation sites excluding steroid dienone is 1. The van der Waals surface area contributed by atoms with Crippen LogP contribution in [0.15, 0.2) is 29.7 Å². The van der Waals surface area contributed by atoms with E-state index < -0.39 is 0 Å². The van der Waals surface area contributed by atoms with E-state index in [1.54, 1.807) is 20.3 Å². The average Bonchev–Trinajstić information content (AvgIpc) is 2.04. The molecular weight excluding hydrogens is 128 g/mol. The number of rotatable bonds is 2. The second kappa shape index (κ2) is 3.25. The number of ether oxygens (including phenoxy) is 2. The molecule has 0 saturated heterocycles. The summed E-state index contributed by atoms with van der Waals surface area (Å²) >= 11 is 0. The van der Waals surface area contributed by atoms with Crippen LogP contribution in [0, 0.1) is 0 Å². The van der Waals surface area contributed by atoms with Gasteiger partial charge >= 0.3 is 0 Å². The third kappa shape index (κ3) is 1.29. The van der Waals surface area contributed by atoms with Crippen molar-refractivity contribution < 1.29 is 9.47 Å². The number of hydrogen-bond donors (Lipinski definition) is 0. The second-order valence-electron chi connectivity index (χ2n) is 1.93. The summed E-state index contributed by atoms with van der Waals surface area (Å²) in [6.07, 6.45) is 5.40. The van der Waals surface area contributed by atoms with E-state index in [1.807, 2.05) is 12.2 Å². The molecule has 1 aliphatic carbocycles. The maximum atomic E-state index is 5.06. The van der Waals surface area contributed by atoms with Crippen LogP contribution >= 0.6 is 0 Å². The SMILES string of the molecule is COC1=CC=C=CC1OC. The summed E-state index contributed by atoms with van der Waals surface area (Å²) in [6, 6.07) is 0. The lowest BCUT2D eigenvalue weighted by atomic mass is 10.2. The Labute approximate surface area is 60.4 Å². The molecular formula is C8H10O2. The number of methoxy groups -OCH3 is 2. The van der Waals surface area contributed by atoms with Crippen molar-refractivity contribution in [3.8, 4) is 0 Å². The zero-order chi connectivity index (χ0) is 7.40. The predicted octanol–water partition coefficient (Wildman–Crippen LogP) is 1.26. The highest BCUT2D eigenvalue weighted by Gasteiger charge is 2.10. The molecule has 0 saturated carbocycles. The molecule has 2 heteroatoms. The molecule has 0 amide bonds. The van der Waals surface area contributed by atoms with Crippen molar-refractivity contribution in [2.75, 3.05) is 14.2 Å². The lowest BCUT2D eigenvalue weighted by Gasteiger charge is -2.13. The first-order valence-corrected chi connectivity index (χ1v) is 3.08. The fraction of sp³-hybridized carbons (Fsp3) is 0.375. The van der Waals surface area contributed by atoms with Crippen LogP contribution in [0.5, 0.6) is 0 Å². The summed E-state index contributed by atoms with van der Waals surface area (Å²) in [7, 11) is 3.27. The van der Waals surface area contributed by atoms with Crippen molar-refractivity contribution in [1.82, 2.24) is 0 Å². The molecule has 0 heterocycles. The van der Waals surface area contributed by atoms with Crippen molar-refractivity contribution in [1.29, 1.82) is 0 Å².